The Morgan fingerprint density at radius 2 is 1.41 bits per heavy atom. The molecule has 0 radical (unpaired) electrons. The number of phenolic OH excluding ortho intramolecular Hbond substituents is 1. The maximum atomic E-state index is 14.6. The largest absolute Gasteiger partial charge is 0.508 e. The van der Waals surface area contributed by atoms with Crippen molar-refractivity contribution in [1.82, 2.24) is 15.5 Å². The van der Waals surface area contributed by atoms with Gasteiger partial charge in [-0.05, 0) is 68.9 Å². The molecule has 2 aromatic carbocycles. The summed E-state index contributed by atoms with van der Waals surface area (Å²) in [5, 5.41) is 15.7. The molecule has 3 amide bonds. The molecule has 0 aromatic heterocycles. The van der Waals surface area contributed by atoms with Crippen LogP contribution in [-0.2, 0) is 27.2 Å². The minimum Gasteiger partial charge on any atom is -0.508 e. The van der Waals surface area contributed by atoms with E-state index in [4.69, 9.17) is 4.74 Å². The lowest BCUT2D eigenvalue weighted by molar-refractivity contribution is -0.142. The number of amides is 3. The molecule has 0 aliphatic heterocycles. The van der Waals surface area contributed by atoms with Crippen LogP contribution in [0.25, 0.3) is 0 Å². The van der Waals surface area contributed by atoms with E-state index in [0.29, 0.717) is 13.1 Å². The molecule has 0 spiro atoms. The molecule has 0 heterocycles. The second kappa shape index (κ2) is 19.0. The predicted molar refractivity (Wildman–Crippen MR) is 177 cm³/mol. The highest BCUT2D eigenvalue weighted by molar-refractivity contribution is 5.92. The van der Waals surface area contributed by atoms with Gasteiger partial charge in [-0.2, -0.15) is 0 Å². The number of nitrogens with zero attached hydrogens (tertiary/aromatic N) is 1. The van der Waals surface area contributed by atoms with Crippen molar-refractivity contribution in [2.24, 2.45) is 0 Å². The van der Waals surface area contributed by atoms with Crippen LogP contribution in [0, 0.1) is 0 Å². The molecule has 0 fully saturated rings. The minimum absolute atomic E-state index is 0.112. The monoisotopic (exact) mass is 609 g/mol. The summed E-state index contributed by atoms with van der Waals surface area (Å²) in [7, 11) is 0. The molecule has 8 nitrogen and oxygen atoms in total. The van der Waals surface area contributed by atoms with Gasteiger partial charge < -0.3 is 25.4 Å². The fourth-order valence-electron chi connectivity index (χ4n) is 5.04. The lowest BCUT2D eigenvalue weighted by Crippen LogP contribution is -2.54. The van der Waals surface area contributed by atoms with E-state index in [0.717, 1.165) is 68.1 Å². The molecule has 8 heteroatoms. The molecule has 0 aliphatic carbocycles. The van der Waals surface area contributed by atoms with E-state index < -0.39 is 23.8 Å². The van der Waals surface area contributed by atoms with Crippen molar-refractivity contribution in [3.63, 3.8) is 0 Å². The topological polar surface area (TPSA) is 108 Å². The van der Waals surface area contributed by atoms with Crippen LogP contribution in [0.3, 0.4) is 0 Å². The SMILES string of the molecule is CCCCCCCCN(C(=O)C(Cc1ccc(O)cc1)NC(=O)OC(C)(C)C)C(C(=O)NCCCC)c1ccc(CC)cc1. The number of nitrogens with one attached hydrogen (secondary N) is 2. The van der Waals surface area contributed by atoms with Gasteiger partial charge in [-0.15, -0.1) is 0 Å². The van der Waals surface area contributed by atoms with Gasteiger partial charge in [0.15, 0.2) is 0 Å². The molecule has 0 saturated heterocycles. The van der Waals surface area contributed by atoms with Crippen LogP contribution in [0.2, 0.25) is 0 Å². The van der Waals surface area contributed by atoms with Gasteiger partial charge in [0.25, 0.3) is 0 Å². The van der Waals surface area contributed by atoms with Gasteiger partial charge in [0.05, 0.1) is 0 Å². The fraction of sp³-hybridized carbons (Fsp3) is 0.583. The number of benzene rings is 2. The standard InChI is InChI=1S/C36H55N3O5/c1-7-10-12-13-14-15-25-39(32(33(41)37-24-11-8-2)29-20-16-27(9-3)17-21-29)34(42)31(38-35(43)44-36(4,5)6)26-28-18-22-30(40)23-19-28/h16-23,31-32,40H,7-15,24-26H2,1-6H3,(H,37,41)(H,38,43). The number of aromatic hydroxyl groups is 1. The number of aryl methyl sites for hydroxylation is 1. The first kappa shape index (κ1) is 36.6. The number of hydrogen-bond donors (Lipinski definition) is 3. The molecule has 0 saturated carbocycles. The summed E-state index contributed by atoms with van der Waals surface area (Å²) in [6, 6.07) is 12.6. The van der Waals surface area contributed by atoms with Crippen molar-refractivity contribution in [2.45, 2.75) is 123 Å². The summed E-state index contributed by atoms with van der Waals surface area (Å²) in [4.78, 5) is 43.1. The van der Waals surface area contributed by atoms with Gasteiger partial charge in [-0.3, -0.25) is 9.59 Å². The van der Waals surface area contributed by atoms with E-state index in [1.807, 2.05) is 24.3 Å². The van der Waals surface area contributed by atoms with Crippen molar-refractivity contribution in [1.29, 1.82) is 0 Å². The highest BCUT2D eigenvalue weighted by atomic mass is 16.6. The highest BCUT2D eigenvalue weighted by Crippen LogP contribution is 2.25. The Balaban J connectivity index is 2.52. The van der Waals surface area contributed by atoms with Crippen LogP contribution in [0.4, 0.5) is 4.79 Å². The zero-order chi connectivity index (χ0) is 32.5. The first-order chi connectivity index (χ1) is 21.0. The van der Waals surface area contributed by atoms with Crippen molar-refractivity contribution in [2.75, 3.05) is 13.1 Å². The summed E-state index contributed by atoms with van der Waals surface area (Å²) in [5.74, 6) is -0.476. The summed E-state index contributed by atoms with van der Waals surface area (Å²) >= 11 is 0. The van der Waals surface area contributed by atoms with Crippen molar-refractivity contribution < 1.29 is 24.2 Å². The molecule has 2 aromatic rings. The van der Waals surface area contributed by atoms with E-state index in [1.54, 1.807) is 49.9 Å². The second-order valence-electron chi connectivity index (χ2n) is 12.5. The van der Waals surface area contributed by atoms with Crippen LogP contribution in [0.5, 0.6) is 5.75 Å². The van der Waals surface area contributed by atoms with Crippen LogP contribution in [0.1, 0.15) is 116 Å². The average Bonchev–Trinajstić information content (AvgIpc) is 2.98. The second-order valence-corrected chi connectivity index (χ2v) is 12.5. The van der Waals surface area contributed by atoms with Gasteiger partial charge in [-0.25, -0.2) is 4.79 Å². The number of hydrogen-bond acceptors (Lipinski definition) is 5. The van der Waals surface area contributed by atoms with E-state index >= 15 is 0 Å². The maximum Gasteiger partial charge on any atom is 0.408 e. The summed E-state index contributed by atoms with van der Waals surface area (Å²) in [6.45, 7) is 12.5. The molecular formula is C36H55N3O5. The van der Waals surface area contributed by atoms with Crippen LogP contribution in [-0.4, -0.2) is 52.6 Å². The van der Waals surface area contributed by atoms with Gasteiger partial charge >= 0.3 is 6.09 Å². The Bertz CT molecular complexity index is 1140. The minimum atomic E-state index is -0.990. The number of rotatable bonds is 18. The summed E-state index contributed by atoms with van der Waals surface area (Å²) in [6.07, 6.45) is 8.28. The molecular weight excluding hydrogens is 554 g/mol. The zero-order valence-electron chi connectivity index (χ0n) is 27.8. The fourth-order valence-corrected chi connectivity index (χ4v) is 5.04. The van der Waals surface area contributed by atoms with E-state index in [-0.39, 0.29) is 24.0 Å². The molecule has 2 rings (SSSR count). The number of carbonyl (C=O) groups is 3. The van der Waals surface area contributed by atoms with Gasteiger partial charge in [-0.1, -0.05) is 95.7 Å². The Morgan fingerprint density at radius 1 is 0.818 bits per heavy atom. The van der Waals surface area contributed by atoms with Crippen LogP contribution < -0.4 is 10.6 Å². The molecule has 2 atom stereocenters. The average molecular weight is 610 g/mol. The number of carbonyl (C=O) groups excluding carboxylic acids is 3. The van der Waals surface area contributed by atoms with E-state index in [2.05, 4.69) is 31.4 Å². The van der Waals surface area contributed by atoms with Crippen molar-refractivity contribution in [3.8, 4) is 5.75 Å². The zero-order valence-corrected chi connectivity index (χ0v) is 27.8. The van der Waals surface area contributed by atoms with Crippen LogP contribution in [0.15, 0.2) is 48.5 Å². The number of ether oxygens (including phenoxy) is 1. The number of alkyl carbamates (subject to hydrolysis) is 1. The van der Waals surface area contributed by atoms with Crippen molar-refractivity contribution in [3.05, 3.63) is 65.2 Å². The number of unbranched alkanes of at least 4 members (excludes halogenated alkanes) is 6. The Kier molecular flexibility index (Phi) is 15.8. The third kappa shape index (κ3) is 13.0. The van der Waals surface area contributed by atoms with Crippen molar-refractivity contribution >= 4 is 17.9 Å². The number of phenols is 1. The van der Waals surface area contributed by atoms with Gasteiger partial charge in [0, 0.05) is 19.5 Å². The predicted octanol–water partition coefficient (Wildman–Crippen LogP) is 7.24. The van der Waals surface area contributed by atoms with Crippen LogP contribution >= 0.6 is 0 Å². The third-order valence-electron chi connectivity index (χ3n) is 7.49. The van der Waals surface area contributed by atoms with E-state index in [9.17, 15) is 19.5 Å². The normalized spacial score (nSPS) is 12.7. The smallest absolute Gasteiger partial charge is 0.408 e. The summed E-state index contributed by atoms with van der Waals surface area (Å²) in [5.41, 5.74) is 1.88. The Morgan fingerprint density at radius 3 is 2.00 bits per heavy atom. The Labute approximate surface area is 264 Å². The van der Waals surface area contributed by atoms with Gasteiger partial charge in [0.1, 0.15) is 23.4 Å². The molecule has 244 valence electrons. The first-order valence-corrected chi connectivity index (χ1v) is 16.4. The Hall–Kier alpha value is -3.55. The quantitative estimate of drug-likeness (QED) is 0.155. The highest BCUT2D eigenvalue weighted by Gasteiger charge is 2.36. The lowest BCUT2D eigenvalue weighted by atomic mass is 9.98. The van der Waals surface area contributed by atoms with Gasteiger partial charge in [0.2, 0.25) is 11.8 Å². The maximum absolute atomic E-state index is 14.6. The molecule has 0 aliphatic rings. The molecule has 0 bridgehead atoms. The molecule has 3 N–H and O–H groups in total. The lowest BCUT2D eigenvalue weighted by Gasteiger charge is -2.35. The molecule has 2 unspecified atom stereocenters. The molecule has 44 heavy (non-hydrogen) atoms. The summed E-state index contributed by atoms with van der Waals surface area (Å²) < 4.78 is 5.53. The first-order valence-electron chi connectivity index (χ1n) is 16.4. The third-order valence-corrected chi connectivity index (χ3v) is 7.49. The van der Waals surface area contributed by atoms with E-state index in [1.165, 1.54) is 6.42 Å².